The number of aromatic nitrogens is 2. The molecule has 11 heteroatoms. The third-order valence-corrected chi connectivity index (χ3v) is 5.97. The predicted octanol–water partition coefficient (Wildman–Crippen LogP) is 4.68. The Morgan fingerprint density at radius 1 is 1.15 bits per heavy atom. The van der Waals surface area contributed by atoms with Crippen LogP contribution in [0.25, 0.3) is 10.9 Å². The molecule has 39 heavy (non-hydrogen) atoms. The number of fused-ring (bicyclic) bond motifs is 1. The summed E-state index contributed by atoms with van der Waals surface area (Å²) in [6.07, 6.45) is 2.97. The normalized spacial score (nSPS) is 13.8. The molecule has 0 spiro atoms. The summed E-state index contributed by atoms with van der Waals surface area (Å²) in [6, 6.07) is 6.33. The van der Waals surface area contributed by atoms with Crippen molar-refractivity contribution in [3.63, 3.8) is 0 Å². The second-order valence-corrected chi connectivity index (χ2v) is 9.95. The van der Waals surface area contributed by atoms with Crippen LogP contribution >= 0.6 is 0 Å². The number of rotatable bonds is 4. The Morgan fingerprint density at radius 2 is 1.82 bits per heavy atom. The molecule has 0 saturated carbocycles. The van der Waals surface area contributed by atoms with E-state index in [0.29, 0.717) is 42.8 Å². The summed E-state index contributed by atoms with van der Waals surface area (Å²) < 4.78 is 21.4. The molecule has 2 aromatic carbocycles. The number of aryl methyl sites for hydroxylation is 1. The standard InChI is InChI=1S/C26H32FN7O3.C2H6/c1-26(2,3)37-25(36)34-10-8-33(9-11-34)21-7-6-18(23-19(21)15-32(5)31-23)24(35)30-17-12-16(14-29-4)22(28)20(27)13-17;1-2/h6-7,12-15H,8-11,28H2,1-5H3,(H,30,35);1-2H3. The SMILES string of the molecule is CC.CN=Cc1cc(NC(=O)c2ccc(N3CCN(C(=O)OC(C)(C)C)CC3)c3cn(C)nc23)cc(F)c1N. The molecule has 2 amide bonds. The van der Waals surface area contributed by atoms with Gasteiger partial charge in [-0.05, 0) is 45.0 Å². The van der Waals surface area contributed by atoms with Gasteiger partial charge in [-0.2, -0.15) is 5.10 Å². The number of halogens is 1. The summed E-state index contributed by atoms with van der Waals surface area (Å²) in [5, 5.41) is 8.08. The van der Waals surface area contributed by atoms with E-state index in [-0.39, 0.29) is 17.5 Å². The van der Waals surface area contributed by atoms with Gasteiger partial charge in [-0.25, -0.2) is 9.18 Å². The van der Waals surface area contributed by atoms with Gasteiger partial charge in [0.25, 0.3) is 5.91 Å². The average Bonchev–Trinajstić information content (AvgIpc) is 3.28. The number of nitrogens with one attached hydrogen (secondary N) is 1. The number of nitrogens with zero attached hydrogens (tertiary/aromatic N) is 5. The number of hydrogen-bond donors (Lipinski definition) is 2. The number of nitrogens with two attached hydrogens (primary N) is 1. The third-order valence-electron chi connectivity index (χ3n) is 5.97. The minimum atomic E-state index is -0.642. The molecule has 1 aliphatic heterocycles. The van der Waals surface area contributed by atoms with Crippen molar-refractivity contribution in [2.45, 2.75) is 40.2 Å². The van der Waals surface area contributed by atoms with Gasteiger partial charge < -0.3 is 25.6 Å². The third kappa shape index (κ3) is 6.84. The van der Waals surface area contributed by atoms with Crippen LogP contribution < -0.4 is 16.0 Å². The number of anilines is 3. The van der Waals surface area contributed by atoms with E-state index in [1.165, 1.54) is 12.3 Å². The zero-order valence-corrected chi connectivity index (χ0v) is 23.7. The van der Waals surface area contributed by atoms with E-state index in [1.54, 1.807) is 35.8 Å². The van der Waals surface area contributed by atoms with Gasteiger partial charge in [0.15, 0.2) is 0 Å². The number of carbonyl (C=O) groups excluding carboxylic acids is 2. The fourth-order valence-electron chi connectivity index (χ4n) is 4.28. The first-order valence-electron chi connectivity index (χ1n) is 13.0. The van der Waals surface area contributed by atoms with Crippen LogP contribution in [0, 0.1) is 5.82 Å². The number of aliphatic imine (C=N–C) groups is 1. The molecule has 4 rings (SSSR count). The summed E-state index contributed by atoms with van der Waals surface area (Å²) in [5.74, 6) is -1.06. The number of amides is 2. The molecular formula is C28H38FN7O3. The van der Waals surface area contributed by atoms with Crippen LogP contribution in [0.4, 0.5) is 26.2 Å². The van der Waals surface area contributed by atoms with Gasteiger partial charge in [-0.1, -0.05) is 13.8 Å². The monoisotopic (exact) mass is 539 g/mol. The highest BCUT2D eigenvalue weighted by Gasteiger charge is 2.27. The maximum Gasteiger partial charge on any atom is 0.410 e. The Labute approximate surface area is 228 Å². The van der Waals surface area contributed by atoms with Gasteiger partial charge in [0, 0.05) is 75.0 Å². The molecular weight excluding hydrogens is 501 g/mol. The van der Waals surface area contributed by atoms with Gasteiger partial charge in [0.2, 0.25) is 0 Å². The average molecular weight is 540 g/mol. The fraction of sp³-hybridized carbons (Fsp3) is 0.429. The minimum absolute atomic E-state index is 0.0353. The van der Waals surface area contributed by atoms with E-state index < -0.39 is 17.3 Å². The first kappa shape index (κ1) is 29.4. The molecule has 0 bridgehead atoms. The predicted molar refractivity (Wildman–Crippen MR) is 154 cm³/mol. The van der Waals surface area contributed by atoms with Gasteiger partial charge in [-0.3, -0.25) is 14.5 Å². The second-order valence-electron chi connectivity index (χ2n) is 9.95. The highest BCUT2D eigenvalue weighted by molar-refractivity contribution is 6.14. The lowest BCUT2D eigenvalue weighted by molar-refractivity contribution is 0.0240. The Kier molecular flexibility index (Phi) is 9.15. The summed E-state index contributed by atoms with van der Waals surface area (Å²) in [5.41, 5.74) is 7.63. The molecule has 1 aromatic heterocycles. The second kappa shape index (κ2) is 12.1. The highest BCUT2D eigenvalue weighted by Crippen LogP contribution is 2.31. The molecule has 1 fully saturated rings. The Hall–Kier alpha value is -4.15. The van der Waals surface area contributed by atoms with Crippen molar-refractivity contribution >= 4 is 46.2 Å². The van der Waals surface area contributed by atoms with Crippen LogP contribution in [-0.4, -0.2) is 71.7 Å². The first-order valence-corrected chi connectivity index (χ1v) is 13.0. The van der Waals surface area contributed by atoms with Crippen LogP contribution in [-0.2, 0) is 11.8 Å². The maximum absolute atomic E-state index is 14.3. The number of piperazine rings is 1. The molecule has 3 aromatic rings. The highest BCUT2D eigenvalue weighted by atomic mass is 19.1. The summed E-state index contributed by atoms with van der Waals surface area (Å²) in [7, 11) is 3.34. The lowest BCUT2D eigenvalue weighted by Gasteiger charge is -2.37. The quantitative estimate of drug-likeness (QED) is 0.367. The topological polar surface area (TPSA) is 118 Å². The smallest absolute Gasteiger partial charge is 0.410 e. The molecule has 1 saturated heterocycles. The Morgan fingerprint density at radius 3 is 2.44 bits per heavy atom. The molecule has 10 nitrogen and oxygen atoms in total. The first-order chi connectivity index (χ1) is 18.5. The van der Waals surface area contributed by atoms with Gasteiger partial charge in [0.1, 0.15) is 16.9 Å². The van der Waals surface area contributed by atoms with Crippen molar-refractivity contribution < 1.29 is 18.7 Å². The van der Waals surface area contributed by atoms with Crippen molar-refractivity contribution in [3.05, 3.63) is 47.4 Å². The Bertz CT molecular complexity index is 1370. The Balaban J connectivity index is 0.00000205. The lowest BCUT2D eigenvalue weighted by atomic mass is 10.1. The van der Waals surface area contributed by atoms with Crippen LogP contribution in [0.15, 0.2) is 35.5 Å². The molecule has 0 unspecified atom stereocenters. The largest absolute Gasteiger partial charge is 0.444 e. The molecule has 3 N–H and O–H groups in total. The molecule has 210 valence electrons. The number of hydrogen-bond acceptors (Lipinski definition) is 7. The fourth-order valence-corrected chi connectivity index (χ4v) is 4.28. The molecule has 0 aliphatic carbocycles. The zero-order valence-electron chi connectivity index (χ0n) is 23.7. The summed E-state index contributed by atoms with van der Waals surface area (Å²) >= 11 is 0. The molecule has 2 heterocycles. The number of carbonyl (C=O) groups is 2. The van der Waals surface area contributed by atoms with Crippen LogP contribution in [0.5, 0.6) is 0 Å². The van der Waals surface area contributed by atoms with Crippen molar-refractivity contribution in [1.82, 2.24) is 14.7 Å². The van der Waals surface area contributed by atoms with E-state index >= 15 is 0 Å². The van der Waals surface area contributed by atoms with Crippen LogP contribution in [0.1, 0.15) is 50.5 Å². The van der Waals surface area contributed by atoms with Crippen molar-refractivity contribution in [2.24, 2.45) is 12.0 Å². The molecule has 0 radical (unpaired) electrons. The van der Waals surface area contributed by atoms with E-state index in [1.807, 2.05) is 46.9 Å². The van der Waals surface area contributed by atoms with E-state index in [9.17, 15) is 14.0 Å². The van der Waals surface area contributed by atoms with Gasteiger partial charge in [0.05, 0.1) is 11.3 Å². The summed E-state index contributed by atoms with van der Waals surface area (Å²) in [6.45, 7) is 11.8. The number of ether oxygens (including phenoxy) is 1. The molecule has 1 aliphatic rings. The van der Waals surface area contributed by atoms with E-state index in [2.05, 4.69) is 20.3 Å². The van der Waals surface area contributed by atoms with Gasteiger partial charge >= 0.3 is 6.09 Å². The van der Waals surface area contributed by atoms with E-state index in [4.69, 9.17) is 10.5 Å². The van der Waals surface area contributed by atoms with Gasteiger partial charge in [-0.15, -0.1) is 0 Å². The zero-order chi connectivity index (χ0) is 28.9. The number of nitrogen functional groups attached to an aromatic ring is 1. The minimum Gasteiger partial charge on any atom is -0.444 e. The maximum atomic E-state index is 14.3. The van der Waals surface area contributed by atoms with Crippen LogP contribution in [0.2, 0.25) is 0 Å². The van der Waals surface area contributed by atoms with Crippen molar-refractivity contribution in [1.29, 1.82) is 0 Å². The lowest BCUT2D eigenvalue weighted by Crippen LogP contribution is -2.50. The molecule has 0 atom stereocenters. The summed E-state index contributed by atoms with van der Waals surface area (Å²) in [4.78, 5) is 33.4. The number of benzene rings is 2. The van der Waals surface area contributed by atoms with Crippen molar-refractivity contribution in [3.8, 4) is 0 Å². The van der Waals surface area contributed by atoms with E-state index in [0.717, 1.165) is 11.1 Å². The van der Waals surface area contributed by atoms with Crippen molar-refractivity contribution in [2.75, 3.05) is 49.2 Å². The van der Waals surface area contributed by atoms with Crippen LogP contribution in [0.3, 0.4) is 0 Å².